The molecule has 0 aromatic carbocycles. The number of piperidine rings is 1. The fourth-order valence-electron chi connectivity index (χ4n) is 3.15. The van der Waals surface area contributed by atoms with E-state index < -0.39 is 0 Å². The van der Waals surface area contributed by atoms with Crippen LogP contribution in [0.4, 0.5) is 0 Å². The zero-order chi connectivity index (χ0) is 11.4. The molecule has 3 heteroatoms. The average Bonchev–Trinajstić information content (AvgIpc) is 2.76. The van der Waals surface area contributed by atoms with Crippen LogP contribution in [0.5, 0.6) is 0 Å². The quantitative estimate of drug-likeness (QED) is 0.538. The van der Waals surface area contributed by atoms with E-state index in [2.05, 4.69) is 16.1 Å². The van der Waals surface area contributed by atoms with E-state index in [0.717, 1.165) is 25.6 Å². The minimum Gasteiger partial charge on any atom is -0.329 e. The fraction of sp³-hybridized carbons (Fsp3) is 0.846. The standard InChI is InChI=1S/C13H23N3/c1-2-3-7-15-13(11-14)6-9-16-8-4-5-12(16)10-13/h1,12,15H,3-11,14H2. The van der Waals surface area contributed by atoms with Gasteiger partial charge in [0, 0.05) is 37.6 Å². The van der Waals surface area contributed by atoms with Crippen LogP contribution in [0.15, 0.2) is 0 Å². The van der Waals surface area contributed by atoms with Crippen molar-refractivity contribution in [1.82, 2.24) is 10.2 Å². The highest BCUT2D eigenvalue weighted by molar-refractivity contribution is 5.01. The summed E-state index contributed by atoms with van der Waals surface area (Å²) in [5.74, 6) is 2.68. The van der Waals surface area contributed by atoms with Gasteiger partial charge >= 0.3 is 0 Å². The molecule has 0 aliphatic carbocycles. The maximum atomic E-state index is 5.97. The molecule has 0 aromatic heterocycles. The van der Waals surface area contributed by atoms with Crippen molar-refractivity contribution in [2.75, 3.05) is 26.2 Å². The average molecular weight is 221 g/mol. The molecule has 2 heterocycles. The van der Waals surface area contributed by atoms with Crippen LogP contribution in [0.3, 0.4) is 0 Å². The summed E-state index contributed by atoms with van der Waals surface area (Å²) < 4.78 is 0. The van der Waals surface area contributed by atoms with Gasteiger partial charge in [0.2, 0.25) is 0 Å². The van der Waals surface area contributed by atoms with Crippen LogP contribution < -0.4 is 11.1 Å². The molecular formula is C13H23N3. The monoisotopic (exact) mass is 221 g/mol. The molecule has 16 heavy (non-hydrogen) atoms. The Hall–Kier alpha value is -0.560. The van der Waals surface area contributed by atoms with Crippen molar-refractivity contribution in [2.45, 2.75) is 43.7 Å². The molecule has 3 nitrogen and oxygen atoms in total. The Morgan fingerprint density at radius 1 is 1.50 bits per heavy atom. The van der Waals surface area contributed by atoms with Gasteiger partial charge in [-0.15, -0.1) is 12.3 Å². The maximum Gasteiger partial charge on any atom is 0.0331 e. The minimum atomic E-state index is 0.155. The van der Waals surface area contributed by atoms with Gasteiger partial charge in [-0.3, -0.25) is 0 Å². The van der Waals surface area contributed by atoms with E-state index in [0.29, 0.717) is 0 Å². The lowest BCUT2D eigenvalue weighted by atomic mass is 9.83. The number of nitrogens with two attached hydrogens (primary N) is 1. The van der Waals surface area contributed by atoms with Crippen molar-refractivity contribution in [3.05, 3.63) is 0 Å². The van der Waals surface area contributed by atoms with Crippen LogP contribution in [-0.4, -0.2) is 42.7 Å². The van der Waals surface area contributed by atoms with Crippen molar-refractivity contribution >= 4 is 0 Å². The van der Waals surface area contributed by atoms with Crippen molar-refractivity contribution < 1.29 is 0 Å². The number of hydrogen-bond donors (Lipinski definition) is 2. The second kappa shape index (κ2) is 5.18. The Morgan fingerprint density at radius 3 is 3.12 bits per heavy atom. The first-order chi connectivity index (χ1) is 7.79. The maximum absolute atomic E-state index is 5.97. The molecule has 2 rings (SSSR count). The summed E-state index contributed by atoms with van der Waals surface area (Å²) >= 11 is 0. The van der Waals surface area contributed by atoms with E-state index in [4.69, 9.17) is 12.2 Å². The molecule has 2 aliphatic rings. The van der Waals surface area contributed by atoms with Gasteiger partial charge < -0.3 is 16.0 Å². The Balaban J connectivity index is 1.91. The SMILES string of the molecule is C#CCCNC1(CN)CCN2CCCC2C1. The summed E-state index contributed by atoms with van der Waals surface area (Å²) in [6.45, 7) is 4.13. The largest absolute Gasteiger partial charge is 0.329 e. The summed E-state index contributed by atoms with van der Waals surface area (Å²) in [5.41, 5.74) is 6.13. The molecule has 2 unspecified atom stereocenters. The smallest absolute Gasteiger partial charge is 0.0331 e. The van der Waals surface area contributed by atoms with Crippen molar-refractivity contribution in [2.24, 2.45) is 5.73 Å². The van der Waals surface area contributed by atoms with Crippen LogP contribution in [0, 0.1) is 12.3 Å². The second-order valence-corrected chi connectivity index (χ2v) is 5.15. The van der Waals surface area contributed by atoms with Gasteiger partial charge in [0.25, 0.3) is 0 Å². The van der Waals surface area contributed by atoms with Crippen LogP contribution in [-0.2, 0) is 0 Å². The third-order valence-corrected chi connectivity index (χ3v) is 4.16. The molecule has 2 atom stereocenters. The first kappa shape index (κ1) is 11.9. The molecule has 0 saturated carbocycles. The normalized spacial score (nSPS) is 34.6. The summed E-state index contributed by atoms with van der Waals surface area (Å²) in [4.78, 5) is 2.62. The molecule has 3 N–H and O–H groups in total. The summed E-state index contributed by atoms with van der Waals surface area (Å²) in [6, 6.07) is 0.760. The molecule has 90 valence electrons. The Kier molecular flexibility index (Phi) is 3.86. The van der Waals surface area contributed by atoms with Crippen molar-refractivity contribution in [1.29, 1.82) is 0 Å². The predicted octanol–water partition coefficient (Wildman–Crippen LogP) is 0.555. The molecule has 0 amide bonds. The lowest BCUT2D eigenvalue weighted by Gasteiger charge is -2.44. The van der Waals surface area contributed by atoms with Gasteiger partial charge in [-0.25, -0.2) is 0 Å². The van der Waals surface area contributed by atoms with E-state index >= 15 is 0 Å². The Bertz CT molecular complexity index is 271. The highest BCUT2D eigenvalue weighted by atomic mass is 15.2. The Morgan fingerprint density at radius 2 is 2.38 bits per heavy atom. The first-order valence-electron chi connectivity index (χ1n) is 6.42. The number of fused-ring (bicyclic) bond motifs is 1. The van der Waals surface area contributed by atoms with Crippen LogP contribution in [0.2, 0.25) is 0 Å². The molecular weight excluding hydrogens is 198 g/mol. The van der Waals surface area contributed by atoms with Crippen LogP contribution >= 0.6 is 0 Å². The van der Waals surface area contributed by atoms with Gasteiger partial charge in [0.1, 0.15) is 0 Å². The van der Waals surface area contributed by atoms with E-state index in [9.17, 15) is 0 Å². The molecule has 2 fully saturated rings. The predicted molar refractivity (Wildman–Crippen MR) is 67.1 cm³/mol. The van der Waals surface area contributed by atoms with Gasteiger partial charge in [-0.1, -0.05) is 0 Å². The lowest BCUT2D eigenvalue weighted by molar-refractivity contribution is 0.111. The zero-order valence-electron chi connectivity index (χ0n) is 10.0. The van der Waals surface area contributed by atoms with Crippen LogP contribution in [0.1, 0.15) is 32.1 Å². The van der Waals surface area contributed by atoms with E-state index in [1.165, 1.54) is 38.8 Å². The number of rotatable bonds is 4. The molecule has 0 spiro atoms. The second-order valence-electron chi connectivity index (χ2n) is 5.15. The summed E-state index contributed by atoms with van der Waals surface area (Å²) in [5, 5.41) is 3.60. The zero-order valence-corrected chi connectivity index (χ0v) is 10.0. The summed E-state index contributed by atoms with van der Waals surface area (Å²) in [6.07, 6.45) is 11.2. The van der Waals surface area contributed by atoms with E-state index in [-0.39, 0.29) is 5.54 Å². The van der Waals surface area contributed by atoms with E-state index in [1.807, 2.05) is 0 Å². The summed E-state index contributed by atoms with van der Waals surface area (Å²) in [7, 11) is 0. The molecule has 2 saturated heterocycles. The van der Waals surface area contributed by atoms with Crippen molar-refractivity contribution in [3.63, 3.8) is 0 Å². The van der Waals surface area contributed by atoms with Gasteiger partial charge in [0.15, 0.2) is 0 Å². The molecule has 0 aromatic rings. The van der Waals surface area contributed by atoms with Gasteiger partial charge in [-0.05, 0) is 32.2 Å². The van der Waals surface area contributed by atoms with Crippen LogP contribution in [0.25, 0.3) is 0 Å². The number of nitrogens with one attached hydrogen (secondary N) is 1. The third kappa shape index (κ3) is 2.40. The Labute approximate surface area is 98.8 Å². The molecule has 2 aliphatic heterocycles. The van der Waals surface area contributed by atoms with E-state index in [1.54, 1.807) is 0 Å². The fourth-order valence-corrected chi connectivity index (χ4v) is 3.15. The number of hydrogen-bond acceptors (Lipinski definition) is 3. The van der Waals surface area contributed by atoms with Gasteiger partial charge in [-0.2, -0.15) is 0 Å². The third-order valence-electron chi connectivity index (χ3n) is 4.16. The minimum absolute atomic E-state index is 0.155. The topological polar surface area (TPSA) is 41.3 Å². The highest BCUT2D eigenvalue weighted by Gasteiger charge is 2.40. The molecule has 0 bridgehead atoms. The molecule has 0 radical (unpaired) electrons. The highest BCUT2D eigenvalue weighted by Crippen LogP contribution is 2.32. The number of nitrogens with zero attached hydrogens (tertiary/aromatic N) is 1. The first-order valence-corrected chi connectivity index (χ1v) is 6.42. The van der Waals surface area contributed by atoms with Gasteiger partial charge in [0.05, 0.1) is 0 Å². The number of terminal acetylenes is 1. The van der Waals surface area contributed by atoms with Crippen molar-refractivity contribution in [3.8, 4) is 12.3 Å². The lowest BCUT2D eigenvalue weighted by Crippen LogP contribution is -2.59.